The molecule has 4 heteroatoms. The normalized spacial score (nSPS) is 15.4. The van der Waals surface area contributed by atoms with Crippen LogP contribution in [0.5, 0.6) is 0 Å². The molecular formula is C13H16FNO2. The van der Waals surface area contributed by atoms with Gasteiger partial charge in [-0.1, -0.05) is 19.3 Å². The molecule has 0 saturated heterocycles. The highest BCUT2D eigenvalue weighted by Gasteiger charge is 2.18. The molecule has 17 heavy (non-hydrogen) atoms. The molecule has 2 rings (SSSR count). The second-order valence-electron chi connectivity index (χ2n) is 4.45. The molecule has 0 unspecified atom stereocenters. The van der Waals surface area contributed by atoms with Gasteiger partial charge in [-0.25, -0.2) is 9.18 Å². The molecule has 0 amide bonds. The number of nitrogens with two attached hydrogens (primary N) is 1. The molecule has 1 aliphatic carbocycles. The standard InChI is InChI=1S/C13H16FNO2/c14-10-4-5-12(15)11(8-10)13(16)17-7-6-9-2-1-3-9/h4-5,8-9H,1-3,6-7,15H2. The highest BCUT2D eigenvalue weighted by atomic mass is 19.1. The van der Waals surface area contributed by atoms with Gasteiger partial charge in [0, 0.05) is 5.69 Å². The minimum atomic E-state index is -0.540. The molecule has 1 aliphatic rings. The van der Waals surface area contributed by atoms with Crippen LogP contribution in [0.2, 0.25) is 0 Å². The summed E-state index contributed by atoms with van der Waals surface area (Å²) in [5.74, 6) is -0.334. The zero-order valence-electron chi connectivity index (χ0n) is 9.62. The fraction of sp³-hybridized carbons (Fsp3) is 0.462. The lowest BCUT2D eigenvalue weighted by atomic mass is 9.83. The van der Waals surface area contributed by atoms with Crippen molar-refractivity contribution >= 4 is 11.7 Å². The fourth-order valence-corrected chi connectivity index (χ4v) is 1.88. The lowest BCUT2D eigenvalue weighted by molar-refractivity contribution is 0.0465. The highest BCUT2D eigenvalue weighted by molar-refractivity contribution is 5.95. The molecule has 1 fully saturated rings. The van der Waals surface area contributed by atoms with Gasteiger partial charge in [-0.3, -0.25) is 0 Å². The quantitative estimate of drug-likeness (QED) is 0.647. The van der Waals surface area contributed by atoms with E-state index in [0.29, 0.717) is 12.5 Å². The summed E-state index contributed by atoms with van der Waals surface area (Å²) in [7, 11) is 0. The van der Waals surface area contributed by atoms with Crippen LogP contribution in [-0.2, 0) is 4.74 Å². The molecule has 1 saturated carbocycles. The molecule has 0 aromatic heterocycles. The number of hydrogen-bond donors (Lipinski definition) is 1. The van der Waals surface area contributed by atoms with Crippen LogP contribution in [0.4, 0.5) is 10.1 Å². The summed E-state index contributed by atoms with van der Waals surface area (Å²) >= 11 is 0. The van der Waals surface area contributed by atoms with Crippen LogP contribution >= 0.6 is 0 Å². The van der Waals surface area contributed by atoms with E-state index in [4.69, 9.17) is 10.5 Å². The molecule has 3 nitrogen and oxygen atoms in total. The number of carbonyl (C=O) groups excluding carboxylic acids is 1. The zero-order chi connectivity index (χ0) is 12.3. The number of esters is 1. The number of ether oxygens (including phenoxy) is 1. The number of anilines is 1. The summed E-state index contributed by atoms with van der Waals surface area (Å²) in [6.45, 7) is 0.388. The van der Waals surface area contributed by atoms with Crippen LogP contribution in [-0.4, -0.2) is 12.6 Å². The smallest absolute Gasteiger partial charge is 0.340 e. The average Bonchev–Trinajstić information content (AvgIpc) is 2.25. The van der Waals surface area contributed by atoms with E-state index in [9.17, 15) is 9.18 Å². The van der Waals surface area contributed by atoms with Gasteiger partial charge < -0.3 is 10.5 Å². The molecule has 0 heterocycles. The summed E-state index contributed by atoms with van der Waals surface area (Å²) < 4.78 is 18.0. The van der Waals surface area contributed by atoms with Crippen LogP contribution in [0.15, 0.2) is 18.2 Å². The lowest BCUT2D eigenvalue weighted by Gasteiger charge is -2.24. The summed E-state index contributed by atoms with van der Waals surface area (Å²) in [6, 6.07) is 3.71. The summed E-state index contributed by atoms with van der Waals surface area (Å²) in [6.07, 6.45) is 4.61. The van der Waals surface area contributed by atoms with Gasteiger partial charge in [0.1, 0.15) is 5.82 Å². The van der Waals surface area contributed by atoms with Gasteiger partial charge in [0.05, 0.1) is 12.2 Å². The van der Waals surface area contributed by atoms with E-state index >= 15 is 0 Å². The van der Waals surface area contributed by atoms with Crippen LogP contribution in [0.25, 0.3) is 0 Å². The van der Waals surface area contributed by atoms with Crippen molar-refractivity contribution in [1.82, 2.24) is 0 Å². The maximum Gasteiger partial charge on any atom is 0.340 e. The van der Waals surface area contributed by atoms with Gasteiger partial charge in [0.2, 0.25) is 0 Å². The van der Waals surface area contributed by atoms with Crippen LogP contribution < -0.4 is 5.73 Å². The number of hydrogen-bond acceptors (Lipinski definition) is 3. The Labute approximate surface area is 99.8 Å². The van der Waals surface area contributed by atoms with E-state index in [2.05, 4.69) is 0 Å². The van der Waals surface area contributed by atoms with E-state index in [0.717, 1.165) is 12.5 Å². The third-order valence-electron chi connectivity index (χ3n) is 3.22. The second kappa shape index (κ2) is 5.17. The van der Waals surface area contributed by atoms with Crippen molar-refractivity contribution in [2.24, 2.45) is 5.92 Å². The van der Waals surface area contributed by atoms with Crippen molar-refractivity contribution in [2.75, 3.05) is 12.3 Å². The Hall–Kier alpha value is -1.58. The van der Waals surface area contributed by atoms with E-state index < -0.39 is 11.8 Å². The monoisotopic (exact) mass is 237 g/mol. The van der Waals surface area contributed by atoms with Crippen molar-refractivity contribution in [2.45, 2.75) is 25.7 Å². The van der Waals surface area contributed by atoms with Gasteiger partial charge in [-0.2, -0.15) is 0 Å². The predicted octanol–water partition coefficient (Wildman–Crippen LogP) is 2.75. The van der Waals surface area contributed by atoms with Crippen molar-refractivity contribution in [1.29, 1.82) is 0 Å². The van der Waals surface area contributed by atoms with Crippen molar-refractivity contribution in [3.05, 3.63) is 29.6 Å². The Balaban J connectivity index is 1.87. The Morgan fingerprint density at radius 2 is 2.24 bits per heavy atom. The molecule has 1 aromatic rings. The molecule has 2 N–H and O–H groups in total. The van der Waals surface area contributed by atoms with Crippen LogP contribution in [0, 0.1) is 11.7 Å². The molecular weight excluding hydrogens is 221 g/mol. The average molecular weight is 237 g/mol. The van der Waals surface area contributed by atoms with Gasteiger partial charge in [0.25, 0.3) is 0 Å². The number of nitrogen functional groups attached to an aromatic ring is 1. The first-order valence-corrected chi connectivity index (χ1v) is 5.89. The first kappa shape index (κ1) is 11.9. The summed E-state index contributed by atoms with van der Waals surface area (Å²) in [5, 5.41) is 0. The number of benzene rings is 1. The highest BCUT2D eigenvalue weighted by Crippen LogP contribution is 2.29. The second-order valence-corrected chi connectivity index (χ2v) is 4.45. The van der Waals surface area contributed by atoms with E-state index in [1.54, 1.807) is 0 Å². The van der Waals surface area contributed by atoms with Gasteiger partial charge in [0.15, 0.2) is 0 Å². The third kappa shape index (κ3) is 2.96. The molecule has 92 valence electrons. The van der Waals surface area contributed by atoms with E-state index in [1.807, 2.05) is 0 Å². The number of carbonyl (C=O) groups is 1. The van der Waals surface area contributed by atoms with E-state index in [1.165, 1.54) is 31.4 Å². The maximum absolute atomic E-state index is 13.0. The summed E-state index contributed by atoms with van der Waals surface area (Å²) in [5.41, 5.74) is 5.95. The first-order chi connectivity index (χ1) is 8.16. The lowest BCUT2D eigenvalue weighted by Crippen LogP contribution is -2.16. The predicted molar refractivity (Wildman–Crippen MR) is 63.1 cm³/mol. The summed E-state index contributed by atoms with van der Waals surface area (Å²) in [4.78, 5) is 11.6. The van der Waals surface area contributed by atoms with Gasteiger partial charge in [-0.05, 0) is 30.5 Å². The van der Waals surface area contributed by atoms with Crippen LogP contribution in [0.3, 0.4) is 0 Å². The molecule has 1 aromatic carbocycles. The Morgan fingerprint density at radius 1 is 1.47 bits per heavy atom. The van der Waals surface area contributed by atoms with Crippen LogP contribution in [0.1, 0.15) is 36.0 Å². The van der Waals surface area contributed by atoms with E-state index in [-0.39, 0.29) is 11.3 Å². The Morgan fingerprint density at radius 3 is 2.88 bits per heavy atom. The number of halogens is 1. The first-order valence-electron chi connectivity index (χ1n) is 5.89. The third-order valence-corrected chi connectivity index (χ3v) is 3.22. The molecule has 0 radical (unpaired) electrons. The zero-order valence-corrected chi connectivity index (χ0v) is 9.62. The van der Waals surface area contributed by atoms with Crippen molar-refractivity contribution in [3.8, 4) is 0 Å². The molecule has 0 aliphatic heterocycles. The van der Waals surface area contributed by atoms with Gasteiger partial charge in [-0.15, -0.1) is 0 Å². The molecule has 0 spiro atoms. The largest absolute Gasteiger partial charge is 0.462 e. The fourth-order valence-electron chi connectivity index (χ4n) is 1.88. The van der Waals surface area contributed by atoms with Crippen molar-refractivity contribution < 1.29 is 13.9 Å². The Bertz CT molecular complexity index is 416. The topological polar surface area (TPSA) is 52.3 Å². The number of rotatable bonds is 4. The molecule has 0 atom stereocenters. The van der Waals surface area contributed by atoms with Gasteiger partial charge >= 0.3 is 5.97 Å². The minimum Gasteiger partial charge on any atom is -0.462 e. The SMILES string of the molecule is Nc1ccc(F)cc1C(=O)OCCC1CCC1. The maximum atomic E-state index is 13.0. The Kier molecular flexibility index (Phi) is 3.61. The minimum absolute atomic E-state index is 0.110. The molecule has 0 bridgehead atoms. The van der Waals surface area contributed by atoms with Crippen molar-refractivity contribution in [3.63, 3.8) is 0 Å².